The van der Waals surface area contributed by atoms with E-state index >= 15 is 0 Å². The van der Waals surface area contributed by atoms with Crippen molar-refractivity contribution in [1.29, 1.82) is 0 Å². The molecule has 0 spiro atoms. The molecule has 38 heavy (non-hydrogen) atoms. The third-order valence-electron chi connectivity index (χ3n) is 9.32. The maximum absolute atomic E-state index is 13.0. The number of amides is 4. The highest BCUT2D eigenvalue weighted by molar-refractivity contribution is 5.75. The van der Waals surface area contributed by atoms with Gasteiger partial charge < -0.3 is 30.7 Å². The number of hydrogen-bond donors (Lipinski definition) is 4. The average molecular weight is 535 g/mol. The summed E-state index contributed by atoms with van der Waals surface area (Å²) in [6.07, 6.45) is 15.3. The first-order valence-corrected chi connectivity index (χ1v) is 15.4. The molecule has 0 heterocycles. The predicted octanol–water partition coefficient (Wildman–Crippen LogP) is 5.52. The van der Waals surface area contributed by atoms with Crippen LogP contribution in [0.25, 0.3) is 0 Å². The summed E-state index contributed by atoms with van der Waals surface area (Å²) in [7, 11) is 0. The summed E-state index contributed by atoms with van der Waals surface area (Å²) in [6, 6.07) is -0.187. The van der Waals surface area contributed by atoms with Crippen LogP contribution in [0.4, 0.5) is 14.4 Å². The fourth-order valence-corrected chi connectivity index (χ4v) is 6.76. The maximum Gasteiger partial charge on any atom is 0.407 e. The van der Waals surface area contributed by atoms with Crippen LogP contribution in [0.2, 0.25) is 0 Å². The van der Waals surface area contributed by atoms with Gasteiger partial charge in [-0.15, -0.1) is 0 Å². The molecule has 9 nitrogen and oxygen atoms in total. The Hall–Kier alpha value is -2.19. The highest BCUT2D eigenvalue weighted by Crippen LogP contribution is 2.27. The molecule has 4 saturated carbocycles. The Kier molecular flexibility index (Phi) is 10.8. The van der Waals surface area contributed by atoms with Gasteiger partial charge in [-0.05, 0) is 102 Å². The van der Waals surface area contributed by atoms with Crippen LogP contribution in [0.5, 0.6) is 0 Å². The summed E-state index contributed by atoms with van der Waals surface area (Å²) in [5, 5.41) is 12.4. The molecule has 4 aliphatic rings. The van der Waals surface area contributed by atoms with E-state index in [1.54, 1.807) is 0 Å². The van der Waals surface area contributed by atoms with Crippen molar-refractivity contribution in [3.8, 4) is 0 Å². The third-order valence-corrected chi connectivity index (χ3v) is 9.32. The van der Waals surface area contributed by atoms with E-state index in [0.717, 1.165) is 77.0 Å². The van der Waals surface area contributed by atoms with Crippen LogP contribution in [-0.2, 0) is 9.47 Å². The van der Waals surface area contributed by atoms with E-state index in [9.17, 15) is 14.4 Å². The number of nitrogens with one attached hydrogen (secondary N) is 4. The molecule has 0 aliphatic heterocycles. The van der Waals surface area contributed by atoms with Crippen LogP contribution in [0.3, 0.4) is 0 Å². The van der Waals surface area contributed by atoms with Crippen molar-refractivity contribution in [2.24, 2.45) is 11.8 Å². The number of hydrogen-bond acceptors (Lipinski definition) is 5. The van der Waals surface area contributed by atoms with Crippen molar-refractivity contribution in [3.05, 3.63) is 0 Å². The van der Waals surface area contributed by atoms with Gasteiger partial charge in [0.15, 0.2) is 0 Å². The normalized spacial score (nSPS) is 33.0. The zero-order valence-electron chi connectivity index (χ0n) is 23.5. The number of urea groups is 1. The van der Waals surface area contributed by atoms with Gasteiger partial charge in [-0.3, -0.25) is 0 Å². The largest absolute Gasteiger partial charge is 0.446 e. The lowest BCUT2D eigenvalue weighted by Crippen LogP contribution is -2.55. The van der Waals surface area contributed by atoms with Crippen molar-refractivity contribution in [2.45, 2.75) is 153 Å². The molecule has 0 bridgehead atoms. The van der Waals surface area contributed by atoms with Gasteiger partial charge in [0.25, 0.3) is 0 Å². The average Bonchev–Trinajstić information content (AvgIpc) is 2.89. The van der Waals surface area contributed by atoms with Crippen LogP contribution < -0.4 is 21.3 Å². The minimum atomic E-state index is -0.323. The second-order valence-corrected chi connectivity index (χ2v) is 12.4. The minimum absolute atomic E-state index is 0.00459. The Labute approximate surface area is 228 Å². The monoisotopic (exact) mass is 534 g/mol. The zero-order valence-corrected chi connectivity index (χ0v) is 23.5. The predicted molar refractivity (Wildman–Crippen MR) is 146 cm³/mol. The molecular weight excluding hydrogens is 484 g/mol. The molecule has 216 valence electrons. The van der Waals surface area contributed by atoms with E-state index in [2.05, 4.69) is 35.1 Å². The Morgan fingerprint density at radius 1 is 0.526 bits per heavy atom. The fourth-order valence-electron chi connectivity index (χ4n) is 6.76. The molecule has 6 unspecified atom stereocenters. The Balaban J connectivity index is 1.19. The summed E-state index contributed by atoms with van der Waals surface area (Å²) in [5.74, 6) is 0.668. The minimum Gasteiger partial charge on any atom is -0.446 e. The lowest BCUT2D eigenvalue weighted by molar-refractivity contribution is 0.0696. The molecule has 0 aromatic rings. The van der Waals surface area contributed by atoms with Crippen molar-refractivity contribution in [1.82, 2.24) is 21.3 Å². The SMILES string of the molecule is CC1CCC(NC(=O)OC2CCCCC2)CC1NC(=O)NC1CC(NC(=O)OC2CCCCC2)CCC1C. The van der Waals surface area contributed by atoms with E-state index in [0.29, 0.717) is 24.7 Å². The molecule has 4 fully saturated rings. The van der Waals surface area contributed by atoms with E-state index in [1.165, 1.54) is 12.8 Å². The Bertz CT molecular complexity index is 721. The Morgan fingerprint density at radius 2 is 0.921 bits per heavy atom. The highest BCUT2D eigenvalue weighted by atomic mass is 16.6. The molecule has 4 aliphatic carbocycles. The quantitative estimate of drug-likeness (QED) is 0.358. The smallest absolute Gasteiger partial charge is 0.407 e. The molecule has 0 aromatic carbocycles. The van der Waals surface area contributed by atoms with Crippen molar-refractivity contribution < 1.29 is 23.9 Å². The Morgan fingerprint density at radius 3 is 1.32 bits per heavy atom. The van der Waals surface area contributed by atoms with E-state index < -0.39 is 0 Å². The second kappa shape index (κ2) is 14.3. The van der Waals surface area contributed by atoms with Crippen LogP contribution in [0, 0.1) is 11.8 Å². The molecule has 0 aromatic heterocycles. The van der Waals surface area contributed by atoms with Gasteiger partial charge in [0.2, 0.25) is 0 Å². The summed E-state index contributed by atoms with van der Waals surface area (Å²) in [5.41, 5.74) is 0. The molecule has 4 amide bonds. The standard InChI is InChI=1S/C29H50N4O5/c1-19-13-15-21(30-28(35)37-23-9-5-3-6-10-23)17-25(19)32-27(34)33-26-18-22(16-14-20(26)2)31-29(36)38-24-11-7-4-8-12-24/h19-26H,3-18H2,1-2H3,(H,30,35)(H,31,36)(H2,32,33,34). The second-order valence-electron chi connectivity index (χ2n) is 12.4. The molecule has 0 radical (unpaired) electrons. The number of rotatable bonds is 6. The molecule has 4 rings (SSSR count). The molecule has 6 atom stereocenters. The molecule has 4 N–H and O–H groups in total. The van der Waals surface area contributed by atoms with E-state index in [4.69, 9.17) is 9.47 Å². The van der Waals surface area contributed by atoms with Crippen molar-refractivity contribution >= 4 is 18.2 Å². The molecule has 0 saturated heterocycles. The van der Waals surface area contributed by atoms with E-state index in [1.807, 2.05) is 0 Å². The van der Waals surface area contributed by atoms with Gasteiger partial charge in [0.1, 0.15) is 12.2 Å². The topological polar surface area (TPSA) is 118 Å². The van der Waals surface area contributed by atoms with Crippen LogP contribution >= 0.6 is 0 Å². The maximum atomic E-state index is 13.0. The van der Waals surface area contributed by atoms with Gasteiger partial charge in [0, 0.05) is 24.2 Å². The summed E-state index contributed by atoms with van der Waals surface area (Å²) in [4.78, 5) is 37.9. The number of alkyl carbamates (subject to hydrolysis) is 2. The fraction of sp³-hybridized carbons (Fsp3) is 0.897. The lowest BCUT2D eigenvalue weighted by Gasteiger charge is -2.37. The first-order chi connectivity index (χ1) is 18.4. The summed E-state index contributed by atoms with van der Waals surface area (Å²) in [6.45, 7) is 4.31. The summed E-state index contributed by atoms with van der Waals surface area (Å²) >= 11 is 0. The van der Waals surface area contributed by atoms with Gasteiger partial charge in [-0.2, -0.15) is 0 Å². The van der Waals surface area contributed by atoms with Crippen LogP contribution in [-0.4, -0.2) is 54.6 Å². The first kappa shape index (κ1) is 28.8. The van der Waals surface area contributed by atoms with Crippen molar-refractivity contribution in [2.75, 3.05) is 0 Å². The lowest BCUT2D eigenvalue weighted by atomic mass is 9.82. The zero-order chi connectivity index (χ0) is 26.9. The number of ether oxygens (including phenoxy) is 2. The molecule has 9 heteroatoms. The molecular formula is C29H50N4O5. The van der Waals surface area contributed by atoms with Gasteiger partial charge in [0.05, 0.1) is 0 Å². The van der Waals surface area contributed by atoms with E-state index in [-0.39, 0.29) is 54.6 Å². The number of carbonyl (C=O) groups is 3. The first-order valence-electron chi connectivity index (χ1n) is 15.4. The number of carbonyl (C=O) groups excluding carboxylic acids is 3. The summed E-state index contributed by atoms with van der Waals surface area (Å²) < 4.78 is 11.3. The van der Waals surface area contributed by atoms with Gasteiger partial charge >= 0.3 is 18.2 Å². The van der Waals surface area contributed by atoms with Crippen LogP contribution in [0.1, 0.15) is 117 Å². The van der Waals surface area contributed by atoms with Gasteiger partial charge in [-0.25, -0.2) is 14.4 Å². The van der Waals surface area contributed by atoms with Gasteiger partial charge in [-0.1, -0.05) is 26.7 Å². The third kappa shape index (κ3) is 8.94. The van der Waals surface area contributed by atoms with Crippen LogP contribution in [0.15, 0.2) is 0 Å². The highest BCUT2D eigenvalue weighted by Gasteiger charge is 2.34. The van der Waals surface area contributed by atoms with Crippen molar-refractivity contribution in [3.63, 3.8) is 0 Å².